The minimum absolute atomic E-state index is 0.0680. The Balaban J connectivity index is 1.34. The van der Waals surface area contributed by atoms with Gasteiger partial charge in [-0.15, -0.1) is 0 Å². The molecule has 1 atom stereocenters. The Hall–Kier alpha value is -3.81. The normalized spacial score (nSPS) is 16.0. The Morgan fingerprint density at radius 2 is 1.64 bits per heavy atom. The maximum absolute atomic E-state index is 12.9. The predicted molar refractivity (Wildman–Crippen MR) is 135 cm³/mol. The standard InChI is InChI=1S/C28H32N2O6/c1-3-16-35-28(34)30-14-12-19(13-15-30)17-25(26(31)32)29(2)27(33)36-18-24-22-10-6-4-8-20(22)21-9-5-7-11-23(21)24/h3-11,19,24-25H,1,12-18H2,2H3,(H,31,32)/t25-/m0/s1. The van der Waals surface area contributed by atoms with Crippen molar-refractivity contribution in [1.29, 1.82) is 0 Å². The van der Waals surface area contributed by atoms with E-state index in [1.54, 1.807) is 4.90 Å². The van der Waals surface area contributed by atoms with Crippen molar-refractivity contribution in [2.45, 2.75) is 31.2 Å². The van der Waals surface area contributed by atoms with Gasteiger partial charge in [0.25, 0.3) is 0 Å². The number of carbonyl (C=O) groups is 3. The van der Waals surface area contributed by atoms with Crippen LogP contribution in [-0.4, -0.2) is 72.5 Å². The number of fused-ring (bicyclic) bond motifs is 3. The number of carbonyl (C=O) groups excluding carboxylic acids is 2. The minimum atomic E-state index is -1.07. The number of amides is 2. The van der Waals surface area contributed by atoms with Gasteiger partial charge in [0, 0.05) is 26.1 Å². The zero-order valence-electron chi connectivity index (χ0n) is 20.5. The Kier molecular flexibility index (Phi) is 7.93. The van der Waals surface area contributed by atoms with Gasteiger partial charge >= 0.3 is 18.2 Å². The number of carboxylic acids is 1. The number of rotatable bonds is 8. The summed E-state index contributed by atoms with van der Waals surface area (Å²) in [4.78, 5) is 39.8. The first-order valence-corrected chi connectivity index (χ1v) is 12.2. The van der Waals surface area contributed by atoms with E-state index in [1.165, 1.54) is 18.0 Å². The van der Waals surface area contributed by atoms with Crippen molar-refractivity contribution in [3.63, 3.8) is 0 Å². The van der Waals surface area contributed by atoms with Gasteiger partial charge in [-0.25, -0.2) is 14.4 Å². The number of benzene rings is 2. The van der Waals surface area contributed by atoms with E-state index in [-0.39, 0.29) is 31.1 Å². The molecule has 2 aliphatic rings. The molecule has 2 aromatic rings. The number of likely N-dealkylation sites (N-methyl/N-ethyl adjacent to an activating group) is 1. The van der Waals surface area contributed by atoms with Crippen molar-refractivity contribution in [2.24, 2.45) is 5.92 Å². The lowest BCUT2D eigenvalue weighted by Crippen LogP contribution is -2.46. The van der Waals surface area contributed by atoms with E-state index in [0.29, 0.717) is 32.4 Å². The van der Waals surface area contributed by atoms with Crippen LogP contribution in [0.5, 0.6) is 0 Å². The Morgan fingerprint density at radius 3 is 2.19 bits per heavy atom. The zero-order valence-corrected chi connectivity index (χ0v) is 20.5. The van der Waals surface area contributed by atoms with E-state index in [4.69, 9.17) is 9.47 Å². The smallest absolute Gasteiger partial charge is 0.410 e. The summed E-state index contributed by atoms with van der Waals surface area (Å²) in [6.45, 7) is 4.80. The molecule has 1 aliphatic carbocycles. The third-order valence-electron chi connectivity index (χ3n) is 7.13. The third-order valence-corrected chi connectivity index (χ3v) is 7.13. The highest BCUT2D eigenvalue weighted by Crippen LogP contribution is 2.44. The van der Waals surface area contributed by atoms with Gasteiger partial charge in [0.1, 0.15) is 19.3 Å². The Bertz CT molecular complexity index is 1080. The molecule has 190 valence electrons. The Labute approximate surface area is 211 Å². The van der Waals surface area contributed by atoms with Gasteiger partial charge in [0.05, 0.1) is 0 Å². The largest absolute Gasteiger partial charge is 0.480 e. The van der Waals surface area contributed by atoms with E-state index in [2.05, 4.69) is 18.7 Å². The first-order chi connectivity index (χ1) is 17.4. The summed E-state index contributed by atoms with van der Waals surface area (Å²) < 4.78 is 10.7. The van der Waals surface area contributed by atoms with Gasteiger partial charge in [0.15, 0.2) is 0 Å². The SMILES string of the molecule is C=CCOC(=O)N1CCC(C[C@@H](C(=O)O)N(C)C(=O)OCC2c3ccccc3-c3ccccc32)CC1. The highest BCUT2D eigenvalue weighted by atomic mass is 16.6. The molecule has 0 saturated carbocycles. The summed E-state index contributed by atoms with van der Waals surface area (Å²) in [5.74, 6) is -1.10. The van der Waals surface area contributed by atoms with Crippen molar-refractivity contribution >= 4 is 18.2 Å². The molecule has 36 heavy (non-hydrogen) atoms. The maximum Gasteiger partial charge on any atom is 0.410 e. The van der Waals surface area contributed by atoms with Crippen LogP contribution in [0.3, 0.4) is 0 Å². The quantitative estimate of drug-likeness (QED) is 0.535. The van der Waals surface area contributed by atoms with E-state index in [1.807, 2.05) is 36.4 Å². The molecule has 0 aromatic heterocycles. The van der Waals surface area contributed by atoms with Crippen LogP contribution >= 0.6 is 0 Å². The van der Waals surface area contributed by atoms with E-state index < -0.39 is 18.1 Å². The maximum atomic E-state index is 12.9. The number of ether oxygens (including phenoxy) is 2. The molecule has 1 saturated heterocycles. The average Bonchev–Trinajstić information content (AvgIpc) is 3.22. The molecular weight excluding hydrogens is 460 g/mol. The lowest BCUT2D eigenvalue weighted by molar-refractivity contribution is -0.143. The van der Waals surface area contributed by atoms with Crippen molar-refractivity contribution in [1.82, 2.24) is 9.80 Å². The number of likely N-dealkylation sites (tertiary alicyclic amines) is 1. The monoisotopic (exact) mass is 492 g/mol. The molecule has 1 aliphatic heterocycles. The summed E-state index contributed by atoms with van der Waals surface area (Å²) in [7, 11) is 1.47. The first kappa shape index (κ1) is 25.3. The summed E-state index contributed by atoms with van der Waals surface area (Å²) in [5.41, 5.74) is 4.46. The topological polar surface area (TPSA) is 96.4 Å². The molecule has 0 spiro atoms. The van der Waals surface area contributed by atoms with Gasteiger partial charge in [0.2, 0.25) is 0 Å². The molecule has 0 unspecified atom stereocenters. The van der Waals surface area contributed by atoms with Crippen LogP contribution in [-0.2, 0) is 14.3 Å². The van der Waals surface area contributed by atoms with Crippen LogP contribution < -0.4 is 0 Å². The van der Waals surface area contributed by atoms with Crippen LogP contribution in [0.15, 0.2) is 61.2 Å². The predicted octanol–water partition coefficient (Wildman–Crippen LogP) is 4.75. The van der Waals surface area contributed by atoms with E-state index >= 15 is 0 Å². The highest BCUT2D eigenvalue weighted by Gasteiger charge is 2.34. The van der Waals surface area contributed by atoms with Gasteiger partial charge < -0.3 is 19.5 Å². The molecule has 8 nitrogen and oxygen atoms in total. The van der Waals surface area contributed by atoms with Crippen LogP contribution in [0, 0.1) is 5.92 Å². The van der Waals surface area contributed by atoms with Crippen LogP contribution in [0.1, 0.15) is 36.3 Å². The second-order valence-corrected chi connectivity index (χ2v) is 9.30. The van der Waals surface area contributed by atoms with Gasteiger partial charge in [-0.05, 0) is 47.4 Å². The molecule has 2 amide bonds. The minimum Gasteiger partial charge on any atom is -0.480 e. The number of hydrogen-bond donors (Lipinski definition) is 1. The van der Waals surface area contributed by atoms with Crippen LogP contribution in [0.2, 0.25) is 0 Å². The first-order valence-electron chi connectivity index (χ1n) is 12.2. The lowest BCUT2D eigenvalue weighted by Gasteiger charge is -2.34. The molecular formula is C28H32N2O6. The number of hydrogen-bond acceptors (Lipinski definition) is 5. The molecule has 0 bridgehead atoms. The molecule has 2 aromatic carbocycles. The fourth-order valence-corrected chi connectivity index (χ4v) is 5.14. The van der Waals surface area contributed by atoms with Gasteiger partial charge in [-0.1, -0.05) is 61.2 Å². The number of aliphatic carboxylic acids is 1. The summed E-state index contributed by atoms with van der Waals surface area (Å²) in [5, 5.41) is 9.86. The summed E-state index contributed by atoms with van der Waals surface area (Å²) in [6.07, 6.45) is 2.05. The molecule has 1 N–H and O–H groups in total. The van der Waals surface area contributed by atoms with Crippen molar-refractivity contribution in [2.75, 3.05) is 33.4 Å². The average molecular weight is 493 g/mol. The van der Waals surface area contributed by atoms with Crippen molar-refractivity contribution < 1.29 is 29.0 Å². The Morgan fingerprint density at radius 1 is 1.06 bits per heavy atom. The number of nitrogens with zero attached hydrogens (tertiary/aromatic N) is 2. The van der Waals surface area contributed by atoms with Crippen molar-refractivity contribution in [3.8, 4) is 11.1 Å². The highest BCUT2D eigenvalue weighted by molar-refractivity contribution is 5.81. The van der Waals surface area contributed by atoms with E-state index in [0.717, 1.165) is 22.3 Å². The summed E-state index contributed by atoms with van der Waals surface area (Å²) in [6, 6.07) is 15.1. The van der Waals surface area contributed by atoms with Gasteiger partial charge in [-0.2, -0.15) is 0 Å². The zero-order chi connectivity index (χ0) is 25.7. The summed E-state index contributed by atoms with van der Waals surface area (Å²) >= 11 is 0. The molecule has 8 heteroatoms. The number of carboxylic acid groups (broad SMARTS) is 1. The van der Waals surface area contributed by atoms with Crippen LogP contribution in [0.25, 0.3) is 11.1 Å². The second-order valence-electron chi connectivity index (χ2n) is 9.30. The number of piperidine rings is 1. The van der Waals surface area contributed by atoms with Crippen LogP contribution in [0.4, 0.5) is 9.59 Å². The molecule has 0 radical (unpaired) electrons. The third kappa shape index (κ3) is 5.37. The molecule has 4 rings (SSSR count). The van der Waals surface area contributed by atoms with E-state index in [9.17, 15) is 19.5 Å². The van der Waals surface area contributed by atoms with Crippen molar-refractivity contribution in [3.05, 3.63) is 72.3 Å². The fourth-order valence-electron chi connectivity index (χ4n) is 5.14. The van der Waals surface area contributed by atoms with Gasteiger partial charge in [-0.3, -0.25) is 4.90 Å². The fraction of sp³-hybridized carbons (Fsp3) is 0.393. The molecule has 1 fully saturated rings. The molecule has 1 heterocycles. The lowest BCUT2D eigenvalue weighted by atomic mass is 9.90. The second kappa shape index (κ2) is 11.3.